The Morgan fingerprint density at radius 1 is 1.32 bits per heavy atom. The third-order valence-electron chi connectivity index (χ3n) is 3.66. The largest absolute Gasteiger partial charge is 0.480 e. The third kappa shape index (κ3) is 4.11. The number of nitro groups is 1. The van der Waals surface area contributed by atoms with Crippen LogP contribution in [0.5, 0.6) is 0 Å². The second kappa shape index (κ2) is 7.56. The van der Waals surface area contributed by atoms with Gasteiger partial charge in [0, 0.05) is 22.6 Å². The van der Waals surface area contributed by atoms with Crippen LogP contribution in [0, 0.1) is 21.7 Å². The molecule has 132 valence electrons. The third-order valence-corrected chi connectivity index (χ3v) is 4.15. The molecule has 0 bridgehead atoms. The van der Waals surface area contributed by atoms with Crippen LogP contribution in [-0.4, -0.2) is 22.0 Å². The highest BCUT2D eigenvalue weighted by Gasteiger charge is 2.29. The fraction of sp³-hybridized carbons (Fsp3) is 0.188. The molecule has 0 amide bonds. The molecule has 6 nitrogen and oxygen atoms in total. The van der Waals surface area contributed by atoms with Gasteiger partial charge >= 0.3 is 5.97 Å². The van der Waals surface area contributed by atoms with Crippen LogP contribution in [0.15, 0.2) is 40.9 Å². The zero-order valence-corrected chi connectivity index (χ0v) is 14.5. The number of carboxylic acids is 1. The van der Waals surface area contributed by atoms with Gasteiger partial charge in [-0.15, -0.1) is 0 Å². The fourth-order valence-electron chi connectivity index (χ4n) is 2.30. The lowest BCUT2D eigenvalue weighted by Gasteiger charge is -2.28. The van der Waals surface area contributed by atoms with E-state index >= 15 is 0 Å². The van der Waals surface area contributed by atoms with Crippen molar-refractivity contribution in [3.8, 4) is 0 Å². The van der Waals surface area contributed by atoms with E-state index in [9.17, 15) is 28.8 Å². The normalized spacial score (nSPS) is 11.8. The Hall–Kier alpha value is -2.55. The second-order valence-electron chi connectivity index (χ2n) is 5.23. The van der Waals surface area contributed by atoms with E-state index in [1.165, 1.54) is 31.2 Å². The molecule has 0 aliphatic carbocycles. The first-order valence-electron chi connectivity index (χ1n) is 7.08. The molecule has 0 fully saturated rings. The van der Waals surface area contributed by atoms with E-state index in [1.54, 1.807) is 0 Å². The van der Waals surface area contributed by atoms with E-state index < -0.39 is 35.1 Å². The van der Waals surface area contributed by atoms with Crippen molar-refractivity contribution < 1.29 is 23.6 Å². The number of benzene rings is 2. The Kier molecular flexibility index (Phi) is 5.68. The number of aliphatic carboxylic acids is 1. The molecule has 2 aromatic carbocycles. The molecule has 25 heavy (non-hydrogen) atoms. The monoisotopic (exact) mass is 414 g/mol. The van der Waals surface area contributed by atoms with Gasteiger partial charge in [0.2, 0.25) is 0 Å². The molecule has 0 spiro atoms. The zero-order chi connectivity index (χ0) is 18.7. The molecule has 2 aromatic rings. The van der Waals surface area contributed by atoms with Gasteiger partial charge in [0.25, 0.3) is 5.69 Å². The van der Waals surface area contributed by atoms with E-state index in [0.29, 0.717) is 4.47 Å². The summed E-state index contributed by atoms with van der Waals surface area (Å²) in [5.74, 6) is -3.01. The highest BCUT2D eigenvalue weighted by Crippen LogP contribution is 2.34. The molecule has 0 aromatic heterocycles. The van der Waals surface area contributed by atoms with Crippen molar-refractivity contribution in [3.05, 3.63) is 68.2 Å². The zero-order valence-electron chi connectivity index (χ0n) is 12.9. The minimum atomic E-state index is -1.29. The van der Waals surface area contributed by atoms with E-state index in [1.807, 2.05) is 0 Å². The van der Waals surface area contributed by atoms with Crippen LogP contribution in [0.2, 0.25) is 0 Å². The second-order valence-corrected chi connectivity index (χ2v) is 6.15. The smallest absolute Gasteiger partial charge is 0.326 e. The first-order valence-corrected chi connectivity index (χ1v) is 7.88. The van der Waals surface area contributed by atoms with Gasteiger partial charge in [-0.3, -0.25) is 10.1 Å². The standard InChI is InChI=1S/C16H13BrF2N2O4/c1-9(16(22)23)20(8-11-12(18)3-2-4-13(11)19)15-7-10(17)5-6-14(15)21(24)25/h2-7,9H,8H2,1H3,(H,22,23)/t9-/m1/s1. The Labute approximate surface area is 150 Å². The fourth-order valence-corrected chi connectivity index (χ4v) is 2.65. The summed E-state index contributed by atoms with van der Waals surface area (Å²) in [5, 5.41) is 20.6. The summed E-state index contributed by atoms with van der Waals surface area (Å²) in [6, 6.07) is 5.96. The molecule has 1 N–H and O–H groups in total. The van der Waals surface area contributed by atoms with Gasteiger partial charge in [-0.25, -0.2) is 13.6 Å². The maximum absolute atomic E-state index is 14.0. The molecule has 1 atom stereocenters. The van der Waals surface area contributed by atoms with Crippen LogP contribution in [0.25, 0.3) is 0 Å². The summed E-state index contributed by atoms with van der Waals surface area (Å²) in [7, 11) is 0. The number of nitrogens with zero attached hydrogens (tertiary/aromatic N) is 2. The molecule has 2 rings (SSSR count). The average Bonchev–Trinajstić information content (AvgIpc) is 2.53. The van der Waals surface area contributed by atoms with Gasteiger partial charge in [0.05, 0.1) is 4.92 Å². The van der Waals surface area contributed by atoms with E-state index in [4.69, 9.17) is 0 Å². The minimum Gasteiger partial charge on any atom is -0.480 e. The number of hydrogen-bond acceptors (Lipinski definition) is 4. The summed E-state index contributed by atoms with van der Waals surface area (Å²) in [4.78, 5) is 23.1. The first-order chi connectivity index (χ1) is 11.7. The van der Waals surface area contributed by atoms with Crippen LogP contribution in [0.4, 0.5) is 20.2 Å². The van der Waals surface area contributed by atoms with Crippen molar-refractivity contribution in [2.45, 2.75) is 19.5 Å². The number of halogens is 3. The highest BCUT2D eigenvalue weighted by molar-refractivity contribution is 9.10. The van der Waals surface area contributed by atoms with Gasteiger partial charge in [-0.05, 0) is 31.2 Å². The topological polar surface area (TPSA) is 83.7 Å². The molecule has 0 aliphatic rings. The van der Waals surface area contributed by atoms with Crippen LogP contribution in [0.3, 0.4) is 0 Å². The predicted molar refractivity (Wildman–Crippen MR) is 90.4 cm³/mol. The van der Waals surface area contributed by atoms with Crippen molar-refractivity contribution in [2.75, 3.05) is 4.90 Å². The molecule has 0 heterocycles. The minimum absolute atomic E-state index is 0.0584. The summed E-state index contributed by atoms with van der Waals surface area (Å²) < 4.78 is 28.4. The summed E-state index contributed by atoms with van der Waals surface area (Å²) in [5.41, 5.74) is -0.796. The molecule has 0 radical (unpaired) electrons. The molecular weight excluding hydrogens is 402 g/mol. The van der Waals surface area contributed by atoms with Gasteiger partial charge in [-0.1, -0.05) is 22.0 Å². The number of nitro benzene ring substituents is 1. The van der Waals surface area contributed by atoms with Crippen LogP contribution < -0.4 is 4.90 Å². The molecule has 0 aliphatic heterocycles. The van der Waals surface area contributed by atoms with Crippen molar-refractivity contribution >= 4 is 33.3 Å². The number of carboxylic acid groups (broad SMARTS) is 1. The Morgan fingerprint density at radius 2 is 1.92 bits per heavy atom. The van der Waals surface area contributed by atoms with Gasteiger partial charge in [0.1, 0.15) is 23.4 Å². The highest BCUT2D eigenvalue weighted by atomic mass is 79.9. The van der Waals surface area contributed by atoms with Crippen molar-refractivity contribution in [1.82, 2.24) is 0 Å². The molecule has 0 unspecified atom stereocenters. The summed E-state index contributed by atoms with van der Waals surface area (Å²) >= 11 is 3.17. The van der Waals surface area contributed by atoms with Gasteiger partial charge in [-0.2, -0.15) is 0 Å². The lowest BCUT2D eigenvalue weighted by Crippen LogP contribution is -2.39. The number of hydrogen-bond donors (Lipinski definition) is 1. The Bertz CT molecular complexity index is 812. The molecule has 9 heteroatoms. The predicted octanol–water partition coefficient (Wildman–Crippen LogP) is 4.12. The van der Waals surface area contributed by atoms with E-state index in [2.05, 4.69) is 15.9 Å². The lowest BCUT2D eigenvalue weighted by atomic mass is 10.1. The first kappa shape index (κ1) is 18.8. The van der Waals surface area contributed by atoms with Gasteiger partial charge < -0.3 is 10.0 Å². The van der Waals surface area contributed by atoms with E-state index in [0.717, 1.165) is 17.0 Å². The maximum atomic E-state index is 14.0. The van der Waals surface area contributed by atoms with Crippen LogP contribution in [-0.2, 0) is 11.3 Å². The van der Waals surface area contributed by atoms with Crippen LogP contribution in [0.1, 0.15) is 12.5 Å². The number of carbonyl (C=O) groups is 1. The van der Waals surface area contributed by atoms with Crippen molar-refractivity contribution in [2.24, 2.45) is 0 Å². The molecule has 0 saturated carbocycles. The Morgan fingerprint density at radius 3 is 2.44 bits per heavy atom. The lowest BCUT2D eigenvalue weighted by molar-refractivity contribution is -0.384. The summed E-state index contributed by atoms with van der Waals surface area (Å²) in [6.07, 6.45) is 0. The molecule has 0 saturated heterocycles. The van der Waals surface area contributed by atoms with Crippen molar-refractivity contribution in [1.29, 1.82) is 0 Å². The molecular formula is C16H13BrF2N2O4. The SMILES string of the molecule is C[C@H](C(=O)O)N(Cc1c(F)cccc1F)c1cc(Br)ccc1[N+](=O)[O-]. The number of anilines is 1. The maximum Gasteiger partial charge on any atom is 0.326 e. The number of rotatable bonds is 6. The summed E-state index contributed by atoms with van der Waals surface area (Å²) in [6.45, 7) is 0.801. The Balaban J connectivity index is 2.61. The average molecular weight is 415 g/mol. The van der Waals surface area contributed by atoms with Gasteiger partial charge in [0.15, 0.2) is 0 Å². The quantitative estimate of drug-likeness (QED) is 0.567. The van der Waals surface area contributed by atoms with Crippen molar-refractivity contribution in [3.63, 3.8) is 0 Å². The van der Waals surface area contributed by atoms with Crippen LogP contribution >= 0.6 is 15.9 Å². The van der Waals surface area contributed by atoms with E-state index in [-0.39, 0.29) is 16.9 Å².